The van der Waals surface area contributed by atoms with E-state index in [2.05, 4.69) is 4.98 Å². The van der Waals surface area contributed by atoms with Gasteiger partial charge < -0.3 is 14.6 Å². The molecule has 104 valence electrons. The van der Waals surface area contributed by atoms with Crippen molar-refractivity contribution in [3.63, 3.8) is 0 Å². The van der Waals surface area contributed by atoms with Crippen molar-refractivity contribution in [3.05, 3.63) is 18.0 Å². The minimum Gasteiger partial charge on any atom is -0.493 e. The first-order valence-electron chi connectivity index (χ1n) is 5.69. The van der Waals surface area contributed by atoms with Gasteiger partial charge in [0.15, 0.2) is 17.2 Å². The second-order valence-corrected chi connectivity index (χ2v) is 4.47. The van der Waals surface area contributed by atoms with E-state index in [1.807, 2.05) is 0 Å². The zero-order valence-electron chi connectivity index (χ0n) is 10.2. The Labute approximate surface area is 108 Å². The van der Waals surface area contributed by atoms with Crippen molar-refractivity contribution in [2.75, 3.05) is 13.7 Å². The molecule has 1 fully saturated rings. The third kappa shape index (κ3) is 3.10. The van der Waals surface area contributed by atoms with Crippen molar-refractivity contribution in [3.8, 4) is 11.5 Å². The van der Waals surface area contributed by atoms with Crippen LogP contribution in [0.4, 0.5) is 8.78 Å². The van der Waals surface area contributed by atoms with Crippen LogP contribution in [-0.4, -0.2) is 35.7 Å². The molecule has 1 aliphatic carbocycles. The van der Waals surface area contributed by atoms with Crippen LogP contribution in [0.1, 0.15) is 23.3 Å². The fourth-order valence-corrected chi connectivity index (χ4v) is 1.92. The molecule has 0 bridgehead atoms. The van der Waals surface area contributed by atoms with Gasteiger partial charge in [-0.1, -0.05) is 0 Å². The van der Waals surface area contributed by atoms with E-state index in [0.717, 1.165) is 0 Å². The molecule has 19 heavy (non-hydrogen) atoms. The minimum absolute atomic E-state index is 0.139. The van der Waals surface area contributed by atoms with Crippen LogP contribution < -0.4 is 9.47 Å². The maximum absolute atomic E-state index is 12.6. The summed E-state index contributed by atoms with van der Waals surface area (Å²) in [5.74, 6) is -3.48. The molecule has 0 saturated heterocycles. The van der Waals surface area contributed by atoms with E-state index in [-0.39, 0.29) is 42.6 Å². The number of carbonyl (C=O) groups is 1. The van der Waals surface area contributed by atoms with E-state index in [1.165, 1.54) is 19.4 Å². The van der Waals surface area contributed by atoms with Crippen molar-refractivity contribution in [1.29, 1.82) is 0 Å². The number of rotatable bonds is 5. The summed E-state index contributed by atoms with van der Waals surface area (Å²) in [5.41, 5.74) is -0.167. The number of alkyl halides is 2. The number of carboxylic acid groups (broad SMARTS) is 1. The normalized spacial score (nSPS) is 17.6. The zero-order chi connectivity index (χ0) is 14.0. The fraction of sp³-hybridized carbons (Fsp3) is 0.500. The van der Waals surface area contributed by atoms with Gasteiger partial charge in [-0.15, -0.1) is 0 Å². The van der Waals surface area contributed by atoms with E-state index in [0.29, 0.717) is 0 Å². The Morgan fingerprint density at radius 2 is 2.21 bits per heavy atom. The summed E-state index contributed by atoms with van der Waals surface area (Å²) >= 11 is 0. The molecule has 7 heteroatoms. The Balaban J connectivity index is 1.98. The van der Waals surface area contributed by atoms with Crippen LogP contribution in [0.3, 0.4) is 0 Å². The van der Waals surface area contributed by atoms with Crippen molar-refractivity contribution < 1.29 is 28.2 Å². The lowest BCUT2D eigenvalue weighted by Crippen LogP contribution is -2.38. The van der Waals surface area contributed by atoms with Gasteiger partial charge in [-0.2, -0.15) is 0 Å². The second kappa shape index (κ2) is 4.99. The maximum atomic E-state index is 12.6. The van der Waals surface area contributed by atoms with Gasteiger partial charge in [0, 0.05) is 24.8 Å². The van der Waals surface area contributed by atoms with E-state index >= 15 is 0 Å². The van der Waals surface area contributed by atoms with Gasteiger partial charge in [-0.05, 0) is 0 Å². The molecule has 2 rings (SSSR count). The summed E-state index contributed by atoms with van der Waals surface area (Å²) < 4.78 is 35.6. The van der Waals surface area contributed by atoms with Crippen LogP contribution in [0, 0.1) is 5.92 Å². The highest BCUT2D eigenvalue weighted by atomic mass is 19.3. The molecule has 0 radical (unpaired) electrons. The number of carboxylic acids is 1. The summed E-state index contributed by atoms with van der Waals surface area (Å²) in [7, 11) is 1.37. The summed E-state index contributed by atoms with van der Waals surface area (Å²) in [4.78, 5) is 14.4. The van der Waals surface area contributed by atoms with Gasteiger partial charge in [0.25, 0.3) is 0 Å². The van der Waals surface area contributed by atoms with Crippen LogP contribution in [0.2, 0.25) is 0 Å². The predicted octanol–water partition coefficient (Wildman–Crippen LogP) is 2.21. The number of methoxy groups -OCH3 is 1. The molecule has 1 heterocycles. The number of nitrogens with zero attached hydrogens (tertiary/aromatic N) is 1. The monoisotopic (exact) mass is 273 g/mol. The molecule has 0 atom stereocenters. The molecule has 0 amide bonds. The molecule has 1 aromatic heterocycles. The highest BCUT2D eigenvalue weighted by molar-refractivity contribution is 5.86. The Morgan fingerprint density at radius 3 is 2.74 bits per heavy atom. The highest BCUT2D eigenvalue weighted by Crippen LogP contribution is 2.42. The Kier molecular flexibility index (Phi) is 3.55. The van der Waals surface area contributed by atoms with Gasteiger partial charge in [0.2, 0.25) is 5.92 Å². The van der Waals surface area contributed by atoms with E-state index in [9.17, 15) is 13.6 Å². The van der Waals surface area contributed by atoms with E-state index in [1.54, 1.807) is 0 Å². The lowest BCUT2D eigenvalue weighted by Gasteiger charge is -2.34. The number of aromatic nitrogens is 1. The number of pyridine rings is 1. The zero-order valence-corrected chi connectivity index (χ0v) is 10.2. The summed E-state index contributed by atoms with van der Waals surface area (Å²) in [6.45, 7) is 0.139. The summed E-state index contributed by atoms with van der Waals surface area (Å²) in [6.07, 6.45) is 0.852. The molecule has 1 saturated carbocycles. The standard InChI is InChI=1S/C12H13F2NO4/c1-18-9-2-8(11(16)17)15-5-10(9)19-6-7-3-12(13,14)4-7/h2,5,7H,3-4,6H2,1H3,(H,16,17). The van der Waals surface area contributed by atoms with Gasteiger partial charge in [-0.25, -0.2) is 18.6 Å². The van der Waals surface area contributed by atoms with Crippen molar-refractivity contribution in [2.45, 2.75) is 18.8 Å². The van der Waals surface area contributed by atoms with Crippen molar-refractivity contribution in [1.82, 2.24) is 4.98 Å². The minimum atomic E-state index is -2.58. The van der Waals surface area contributed by atoms with Crippen molar-refractivity contribution >= 4 is 5.97 Å². The van der Waals surface area contributed by atoms with Gasteiger partial charge in [-0.3, -0.25) is 0 Å². The maximum Gasteiger partial charge on any atom is 0.354 e. The Morgan fingerprint density at radius 1 is 1.53 bits per heavy atom. The smallest absolute Gasteiger partial charge is 0.354 e. The van der Waals surface area contributed by atoms with Crippen molar-refractivity contribution in [2.24, 2.45) is 5.92 Å². The molecule has 5 nitrogen and oxygen atoms in total. The Hall–Kier alpha value is -1.92. The second-order valence-electron chi connectivity index (χ2n) is 4.47. The number of hydrogen-bond donors (Lipinski definition) is 1. The molecule has 0 aromatic carbocycles. The quantitative estimate of drug-likeness (QED) is 0.890. The highest BCUT2D eigenvalue weighted by Gasteiger charge is 2.45. The van der Waals surface area contributed by atoms with E-state index in [4.69, 9.17) is 14.6 Å². The first kappa shape index (κ1) is 13.5. The molecule has 1 N–H and O–H groups in total. The first-order chi connectivity index (χ1) is 8.91. The lowest BCUT2D eigenvalue weighted by molar-refractivity contribution is -0.119. The third-order valence-electron chi connectivity index (χ3n) is 2.92. The summed E-state index contributed by atoms with van der Waals surface area (Å²) in [5, 5.41) is 8.78. The van der Waals surface area contributed by atoms with Crippen LogP contribution in [0.5, 0.6) is 11.5 Å². The lowest BCUT2D eigenvalue weighted by atomic mass is 9.82. The van der Waals surface area contributed by atoms with Crippen LogP contribution in [-0.2, 0) is 0 Å². The topological polar surface area (TPSA) is 68.7 Å². The van der Waals surface area contributed by atoms with Gasteiger partial charge >= 0.3 is 5.97 Å². The molecule has 1 aromatic rings. The third-order valence-corrected chi connectivity index (χ3v) is 2.92. The molecule has 1 aliphatic rings. The van der Waals surface area contributed by atoms with Gasteiger partial charge in [0.05, 0.1) is 19.9 Å². The number of halogens is 2. The average Bonchev–Trinajstić information content (AvgIpc) is 2.33. The number of ether oxygens (including phenoxy) is 2. The summed E-state index contributed by atoms with van der Waals surface area (Å²) in [6, 6.07) is 1.23. The largest absolute Gasteiger partial charge is 0.493 e. The number of aromatic carboxylic acids is 1. The molecule has 0 unspecified atom stereocenters. The fourth-order valence-electron chi connectivity index (χ4n) is 1.92. The molecule has 0 aliphatic heterocycles. The molecule has 0 spiro atoms. The first-order valence-corrected chi connectivity index (χ1v) is 5.69. The van der Waals surface area contributed by atoms with Crippen LogP contribution >= 0.6 is 0 Å². The molecular formula is C12H13F2NO4. The van der Waals surface area contributed by atoms with Gasteiger partial charge in [0.1, 0.15) is 0 Å². The molecular weight excluding hydrogens is 260 g/mol. The predicted molar refractivity (Wildman–Crippen MR) is 60.9 cm³/mol. The number of hydrogen-bond acceptors (Lipinski definition) is 4. The van der Waals surface area contributed by atoms with Crippen LogP contribution in [0.25, 0.3) is 0 Å². The van der Waals surface area contributed by atoms with E-state index < -0.39 is 11.9 Å². The average molecular weight is 273 g/mol. The Bertz CT molecular complexity index is 485. The van der Waals surface area contributed by atoms with Crippen LogP contribution in [0.15, 0.2) is 12.3 Å². The SMILES string of the molecule is COc1cc(C(=O)O)ncc1OCC1CC(F)(F)C1.